The molecule has 0 aliphatic carbocycles. The Labute approximate surface area is 429 Å². The Hall–Kier alpha value is -6.29. The second-order valence-corrected chi connectivity index (χ2v) is 23.8. The van der Waals surface area contributed by atoms with E-state index in [0.29, 0.717) is 5.65 Å². The first-order chi connectivity index (χ1) is 33.2. The molecule has 1 aromatic carbocycles. The highest BCUT2D eigenvalue weighted by Crippen LogP contribution is 2.32. The van der Waals surface area contributed by atoms with E-state index in [9.17, 15) is 41.1 Å². The van der Waals surface area contributed by atoms with Crippen molar-refractivity contribution in [3.8, 4) is 5.75 Å². The molecule has 4 aromatic heterocycles. The van der Waals surface area contributed by atoms with E-state index in [-0.39, 0.29) is 52.4 Å². The Morgan fingerprint density at radius 1 is 0.575 bits per heavy atom. The Morgan fingerprint density at radius 3 is 1.47 bits per heavy atom. The van der Waals surface area contributed by atoms with Crippen LogP contribution in [0.25, 0.3) is 11.2 Å². The fraction of sp³-hybridized carbons (Fsp3) is 0.510. The highest BCUT2D eigenvalue weighted by molar-refractivity contribution is 8.00. The largest absolute Gasteiger partial charge is 0.482 e. The molecule has 0 spiro atoms. The molecule has 0 atom stereocenters. The highest BCUT2D eigenvalue weighted by Gasteiger charge is 2.35. The van der Waals surface area contributed by atoms with E-state index in [1.807, 2.05) is 90.6 Å². The number of ether oxygens (including phenoxy) is 1. The maximum Gasteiger partial charge on any atom is 0.254 e. The van der Waals surface area contributed by atoms with Gasteiger partial charge in [0.1, 0.15) is 16.7 Å². The van der Waals surface area contributed by atoms with Crippen LogP contribution in [0.3, 0.4) is 0 Å². The Bertz CT molecular complexity index is 2580. The van der Waals surface area contributed by atoms with Crippen molar-refractivity contribution in [3.05, 3.63) is 103 Å². The van der Waals surface area contributed by atoms with Gasteiger partial charge in [0.2, 0.25) is 34.7 Å². The van der Waals surface area contributed by atoms with Gasteiger partial charge in [0.05, 0.1) is 17.0 Å². The topological polar surface area (TPSA) is 177 Å². The number of fused-ring (bicyclic) bond motifs is 1. The molecule has 0 saturated carbocycles. The standard InChI is InChI=1S/C10H9F5O.C9H12N4O.C9H13NS.C8H13NO3.C8H11NO2.C7H12N2/c1-10(2,3)16-9-7(14)5(12)4(11)6(13)8(9)15;1-9(2,3)14-13-8-7(11-12-13)5-4-6-10-8;1-9(2,3)11-8-6-4-5-7-10-8;1-8(2,3)12-9-6(10)4-5-7(9)11;1-8(2,3)9-6(10)4-5-7(9)11;1-7(2,3)9-5-4-8-6-9/h1-3H3;4-6H,1-3H3;4-7H,1-3H3;4-5H2,1-3H3;4-5H,1-3H3;4-6H,1-3H3. The number of imidazole rings is 1. The molecule has 7 rings (SSSR count). The third-order valence-corrected chi connectivity index (χ3v) is 9.36. The molecule has 402 valence electrons. The minimum atomic E-state index is -2.20. The van der Waals surface area contributed by atoms with Gasteiger partial charge in [0.15, 0.2) is 5.75 Å². The number of hydrogen-bond donors (Lipinski definition) is 0. The van der Waals surface area contributed by atoms with Gasteiger partial charge < -0.3 is 14.1 Å². The van der Waals surface area contributed by atoms with Gasteiger partial charge in [-0.05, 0) is 133 Å². The summed E-state index contributed by atoms with van der Waals surface area (Å²) in [6, 6.07) is 9.65. The van der Waals surface area contributed by atoms with Crippen molar-refractivity contribution in [1.29, 1.82) is 0 Å². The second-order valence-electron chi connectivity index (χ2n) is 22.0. The van der Waals surface area contributed by atoms with E-state index in [4.69, 9.17) is 9.68 Å². The van der Waals surface area contributed by atoms with Gasteiger partial charge in [0.25, 0.3) is 23.6 Å². The van der Waals surface area contributed by atoms with Crippen molar-refractivity contribution < 1.29 is 55.5 Å². The predicted molar refractivity (Wildman–Crippen MR) is 268 cm³/mol. The number of imide groups is 2. The van der Waals surface area contributed by atoms with Crippen LogP contribution >= 0.6 is 11.8 Å². The minimum Gasteiger partial charge on any atom is -0.482 e. The fourth-order valence-electron chi connectivity index (χ4n) is 5.42. The Morgan fingerprint density at radius 2 is 1.08 bits per heavy atom. The Balaban J connectivity index is 0.000000303. The molecule has 4 amide bonds. The van der Waals surface area contributed by atoms with Crippen LogP contribution in [0.2, 0.25) is 0 Å². The van der Waals surface area contributed by atoms with Crippen LogP contribution in [-0.4, -0.2) is 95.4 Å². The van der Waals surface area contributed by atoms with Crippen LogP contribution in [0.5, 0.6) is 5.75 Å². The van der Waals surface area contributed by atoms with Gasteiger partial charge in [0, 0.05) is 65.6 Å². The first-order valence-corrected chi connectivity index (χ1v) is 23.8. The van der Waals surface area contributed by atoms with Crippen LogP contribution in [0.15, 0.2) is 78.6 Å². The first kappa shape index (κ1) is 62.8. The third-order valence-electron chi connectivity index (χ3n) is 8.30. The van der Waals surface area contributed by atoms with Crippen LogP contribution in [0.4, 0.5) is 22.0 Å². The van der Waals surface area contributed by atoms with Crippen LogP contribution in [0, 0.1) is 29.1 Å². The number of rotatable bonds is 4. The summed E-state index contributed by atoms with van der Waals surface area (Å²) in [6.07, 6.45) is 12.3. The summed E-state index contributed by atoms with van der Waals surface area (Å²) in [5, 5.41) is 9.76. The lowest BCUT2D eigenvalue weighted by atomic mass is 10.1. The molecule has 1 saturated heterocycles. The molecule has 0 N–H and O–H groups in total. The van der Waals surface area contributed by atoms with E-state index in [0.717, 1.165) is 15.6 Å². The highest BCUT2D eigenvalue weighted by atomic mass is 32.2. The molecule has 0 radical (unpaired) electrons. The zero-order valence-corrected chi connectivity index (χ0v) is 45.8. The molecule has 6 heterocycles. The quantitative estimate of drug-likeness (QED) is 0.0547. The number of benzene rings is 1. The third kappa shape index (κ3) is 21.8. The molecule has 0 unspecified atom stereocenters. The summed E-state index contributed by atoms with van der Waals surface area (Å²) < 4.78 is 71.3. The van der Waals surface area contributed by atoms with Gasteiger partial charge in [-0.25, -0.2) is 28.1 Å². The maximum atomic E-state index is 13.1. The number of thioether (sulfide) groups is 1. The first-order valence-electron chi connectivity index (χ1n) is 23.0. The smallest absolute Gasteiger partial charge is 0.254 e. The average Bonchev–Trinajstić information content (AvgIpc) is 4.07. The van der Waals surface area contributed by atoms with E-state index >= 15 is 0 Å². The van der Waals surface area contributed by atoms with E-state index in [2.05, 4.69) is 76.1 Å². The van der Waals surface area contributed by atoms with Crippen molar-refractivity contribution in [2.75, 3.05) is 0 Å². The summed E-state index contributed by atoms with van der Waals surface area (Å²) in [4.78, 5) is 69.8. The average molecular weight is 1050 g/mol. The SMILES string of the molecule is CC(C)(C)N1C(=O)C=CC1=O.CC(C)(C)ON1C(=O)CCC1=O.CC(C)(C)Oc1c(F)c(F)c(F)c(F)c1F.CC(C)(C)On1nnc2cccnc21.CC(C)(C)Sc1ccccn1.CC(C)(C)n1ccnc1. The molecule has 22 heteroatoms. The molecule has 2 aliphatic rings. The summed E-state index contributed by atoms with van der Waals surface area (Å²) in [5.74, 6) is -12.3. The number of halogens is 5. The van der Waals surface area contributed by atoms with Gasteiger partial charge in [-0.15, -0.1) is 16.9 Å². The number of carbonyl (C=O) groups is 4. The fourth-order valence-corrected chi connectivity index (χ4v) is 6.30. The van der Waals surface area contributed by atoms with Gasteiger partial charge in [-0.3, -0.25) is 28.9 Å². The van der Waals surface area contributed by atoms with Crippen LogP contribution in [-0.2, 0) is 29.6 Å². The molecule has 2 aliphatic heterocycles. The van der Waals surface area contributed by atoms with Crippen molar-refractivity contribution in [2.45, 2.75) is 175 Å². The lowest BCUT2D eigenvalue weighted by Gasteiger charge is -2.29. The number of pyridine rings is 2. The van der Waals surface area contributed by atoms with Gasteiger partial charge in [-0.2, -0.15) is 13.8 Å². The Kier molecular flexibility index (Phi) is 22.0. The molecular formula is C51H70F5N9O7S. The van der Waals surface area contributed by atoms with Crippen molar-refractivity contribution >= 4 is 46.6 Å². The van der Waals surface area contributed by atoms with Crippen molar-refractivity contribution in [3.63, 3.8) is 0 Å². The van der Waals surface area contributed by atoms with E-state index in [1.54, 1.807) is 44.9 Å². The molecule has 0 bridgehead atoms. The molecule has 16 nitrogen and oxygen atoms in total. The lowest BCUT2D eigenvalue weighted by Crippen LogP contribution is -2.45. The van der Waals surface area contributed by atoms with Gasteiger partial charge >= 0.3 is 0 Å². The van der Waals surface area contributed by atoms with E-state index < -0.39 is 51.6 Å². The lowest BCUT2D eigenvalue weighted by molar-refractivity contribution is -0.218. The van der Waals surface area contributed by atoms with Crippen LogP contribution in [0.1, 0.15) is 137 Å². The summed E-state index contributed by atoms with van der Waals surface area (Å²) >= 11 is 1.79. The predicted octanol–water partition coefficient (Wildman–Crippen LogP) is 10.8. The van der Waals surface area contributed by atoms with E-state index in [1.165, 1.54) is 42.7 Å². The van der Waals surface area contributed by atoms with Crippen LogP contribution < -0.4 is 9.57 Å². The number of carbonyl (C=O) groups excluding carboxylic acids is 4. The van der Waals surface area contributed by atoms with Gasteiger partial charge in [-0.1, -0.05) is 31.7 Å². The number of aromatic nitrogens is 7. The summed E-state index contributed by atoms with van der Waals surface area (Å²) in [6.45, 7) is 34.0. The van der Waals surface area contributed by atoms with Crippen molar-refractivity contribution in [1.82, 2.24) is 44.6 Å². The number of amides is 4. The zero-order valence-electron chi connectivity index (χ0n) is 45.0. The zero-order chi connectivity index (χ0) is 56.1. The molecule has 1 fully saturated rings. The maximum absolute atomic E-state index is 13.1. The number of hydroxylamine groups is 2. The van der Waals surface area contributed by atoms with Crippen molar-refractivity contribution in [2.24, 2.45) is 0 Å². The summed E-state index contributed by atoms with van der Waals surface area (Å²) in [5.41, 5.74) is -0.723. The minimum absolute atomic E-state index is 0.177. The molecule has 73 heavy (non-hydrogen) atoms. The second kappa shape index (κ2) is 25.6. The number of hydrogen-bond acceptors (Lipinski definition) is 13. The number of nitrogens with zero attached hydrogens (tertiary/aromatic N) is 9. The molecular weight excluding hydrogens is 978 g/mol. The molecule has 5 aromatic rings. The summed E-state index contributed by atoms with van der Waals surface area (Å²) in [7, 11) is 0. The normalized spacial score (nSPS) is 14.0. The monoisotopic (exact) mass is 1050 g/mol.